The zero-order valence-corrected chi connectivity index (χ0v) is 8.66. The summed E-state index contributed by atoms with van der Waals surface area (Å²) in [6.07, 6.45) is 4.29. The van der Waals surface area contributed by atoms with Gasteiger partial charge in [-0.15, -0.1) is 0 Å². The Morgan fingerprint density at radius 1 is 1.64 bits per heavy atom. The van der Waals surface area contributed by atoms with Gasteiger partial charge in [-0.05, 0) is 25.5 Å². The van der Waals surface area contributed by atoms with Gasteiger partial charge in [0, 0.05) is 24.0 Å². The lowest BCUT2D eigenvalue weighted by atomic mass is 10.2. The maximum Gasteiger partial charge on any atom is 0.178 e. The molecule has 0 aliphatic carbocycles. The van der Waals surface area contributed by atoms with Crippen molar-refractivity contribution in [1.29, 1.82) is 0 Å². The van der Waals surface area contributed by atoms with Crippen molar-refractivity contribution in [2.75, 3.05) is 6.54 Å². The first-order valence-electron chi connectivity index (χ1n) is 4.90. The van der Waals surface area contributed by atoms with Crippen molar-refractivity contribution < 1.29 is 4.79 Å². The fraction of sp³-hybridized carbons (Fsp3) is 0.455. The van der Waals surface area contributed by atoms with Gasteiger partial charge in [0.1, 0.15) is 0 Å². The van der Waals surface area contributed by atoms with E-state index in [1.807, 2.05) is 0 Å². The molecule has 0 aromatic carbocycles. The maximum atomic E-state index is 11.6. The molecule has 0 spiro atoms. The number of hydrogen-bond acceptors (Lipinski definition) is 3. The van der Waals surface area contributed by atoms with Crippen LogP contribution in [0.1, 0.15) is 30.6 Å². The van der Waals surface area contributed by atoms with E-state index in [1.54, 1.807) is 24.5 Å². The maximum absolute atomic E-state index is 11.6. The molecular formula is C11H16N2O. The van der Waals surface area contributed by atoms with Crippen LogP contribution >= 0.6 is 0 Å². The van der Waals surface area contributed by atoms with E-state index >= 15 is 0 Å². The molecule has 0 fully saturated rings. The molecule has 1 atom stereocenters. The van der Waals surface area contributed by atoms with Gasteiger partial charge < -0.3 is 5.32 Å². The Morgan fingerprint density at radius 2 is 2.43 bits per heavy atom. The van der Waals surface area contributed by atoms with Gasteiger partial charge in [-0.1, -0.05) is 6.92 Å². The van der Waals surface area contributed by atoms with Crippen LogP contribution < -0.4 is 5.32 Å². The zero-order valence-electron chi connectivity index (χ0n) is 8.66. The van der Waals surface area contributed by atoms with Crippen LogP contribution in [0.25, 0.3) is 0 Å². The van der Waals surface area contributed by atoms with Crippen LogP contribution in [0.15, 0.2) is 24.5 Å². The quantitative estimate of drug-likeness (QED) is 0.721. The van der Waals surface area contributed by atoms with Gasteiger partial charge in [0.15, 0.2) is 5.78 Å². The lowest BCUT2D eigenvalue weighted by Gasteiger charge is -2.09. The molecule has 1 N–H and O–H groups in total. The lowest BCUT2D eigenvalue weighted by Crippen LogP contribution is -2.30. The molecular weight excluding hydrogens is 176 g/mol. The first kappa shape index (κ1) is 10.9. The summed E-state index contributed by atoms with van der Waals surface area (Å²) in [7, 11) is 0. The number of carbonyl (C=O) groups is 1. The summed E-state index contributed by atoms with van der Waals surface area (Å²) < 4.78 is 0. The number of nitrogens with zero attached hydrogens (tertiary/aromatic N) is 1. The number of pyridine rings is 1. The molecule has 0 bridgehead atoms. The summed E-state index contributed by atoms with van der Waals surface area (Å²) in [5.74, 6) is 0.0957. The number of Topliss-reactive ketones (excluding diaryl/α,β-unsaturated/α-hetero) is 1. The Kier molecular flexibility index (Phi) is 4.26. The summed E-state index contributed by atoms with van der Waals surface area (Å²) in [6, 6.07) is 3.94. The van der Waals surface area contributed by atoms with Gasteiger partial charge >= 0.3 is 0 Å². The highest BCUT2D eigenvalue weighted by Crippen LogP contribution is 1.97. The fourth-order valence-electron chi connectivity index (χ4n) is 1.04. The molecule has 3 heteroatoms. The molecule has 1 heterocycles. The minimum Gasteiger partial charge on any atom is -0.307 e. The molecule has 1 unspecified atom stereocenters. The van der Waals surface area contributed by atoms with E-state index < -0.39 is 0 Å². The molecule has 1 aromatic rings. The third-order valence-corrected chi connectivity index (χ3v) is 2.21. The third-order valence-electron chi connectivity index (χ3n) is 2.21. The van der Waals surface area contributed by atoms with Crippen LogP contribution in [-0.4, -0.2) is 23.4 Å². The van der Waals surface area contributed by atoms with Crippen LogP contribution in [-0.2, 0) is 0 Å². The van der Waals surface area contributed by atoms with Crippen molar-refractivity contribution in [2.24, 2.45) is 0 Å². The van der Waals surface area contributed by atoms with Crippen molar-refractivity contribution in [1.82, 2.24) is 10.3 Å². The van der Waals surface area contributed by atoms with E-state index in [-0.39, 0.29) is 5.78 Å². The Bertz CT molecular complexity index is 285. The highest BCUT2D eigenvalue weighted by Gasteiger charge is 2.06. The summed E-state index contributed by atoms with van der Waals surface area (Å²) in [4.78, 5) is 15.5. The first-order chi connectivity index (χ1) is 6.74. The van der Waals surface area contributed by atoms with Crippen molar-refractivity contribution in [3.05, 3.63) is 30.1 Å². The number of aromatic nitrogens is 1. The van der Waals surface area contributed by atoms with E-state index in [0.717, 1.165) is 6.42 Å². The van der Waals surface area contributed by atoms with Crippen molar-refractivity contribution in [2.45, 2.75) is 26.3 Å². The van der Waals surface area contributed by atoms with E-state index in [2.05, 4.69) is 24.1 Å². The molecule has 0 saturated heterocycles. The summed E-state index contributed by atoms with van der Waals surface area (Å²) in [5, 5.41) is 3.15. The zero-order chi connectivity index (χ0) is 10.4. The molecule has 1 aromatic heterocycles. The second-order valence-electron chi connectivity index (χ2n) is 3.36. The number of rotatable bonds is 5. The summed E-state index contributed by atoms with van der Waals surface area (Å²) in [5.41, 5.74) is 0.670. The molecule has 1 rings (SSSR count). The smallest absolute Gasteiger partial charge is 0.178 e. The number of nitrogens with one attached hydrogen (secondary N) is 1. The Hall–Kier alpha value is -1.22. The highest BCUT2D eigenvalue weighted by molar-refractivity contribution is 5.97. The highest BCUT2D eigenvalue weighted by atomic mass is 16.1. The minimum atomic E-state index is 0.0957. The first-order valence-corrected chi connectivity index (χ1v) is 4.90. The van der Waals surface area contributed by atoms with Gasteiger partial charge in [0.25, 0.3) is 0 Å². The van der Waals surface area contributed by atoms with E-state index in [4.69, 9.17) is 0 Å². The normalized spacial score (nSPS) is 12.4. The molecule has 14 heavy (non-hydrogen) atoms. The second kappa shape index (κ2) is 5.50. The van der Waals surface area contributed by atoms with Gasteiger partial charge in [-0.2, -0.15) is 0 Å². The van der Waals surface area contributed by atoms with Gasteiger partial charge in [-0.25, -0.2) is 0 Å². The predicted molar refractivity (Wildman–Crippen MR) is 56.3 cm³/mol. The van der Waals surface area contributed by atoms with Gasteiger partial charge in [0.05, 0.1) is 6.54 Å². The van der Waals surface area contributed by atoms with E-state index in [0.29, 0.717) is 18.2 Å². The molecule has 0 aliphatic heterocycles. The second-order valence-corrected chi connectivity index (χ2v) is 3.36. The Labute approximate surface area is 84.6 Å². The fourth-order valence-corrected chi connectivity index (χ4v) is 1.04. The number of hydrogen-bond donors (Lipinski definition) is 1. The average Bonchev–Trinajstić information content (AvgIpc) is 2.26. The van der Waals surface area contributed by atoms with Crippen molar-refractivity contribution in [3.8, 4) is 0 Å². The Morgan fingerprint density at radius 3 is 3.00 bits per heavy atom. The van der Waals surface area contributed by atoms with Crippen LogP contribution in [0.2, 0.25) is 0 Å². The van der Waals surface area contributed by atoms with Crippen LogP contribution in [0.3, 0.4) is 0 Å². The van der Waals surface area contributed by atoms with Crippen molar-refractivity contribution in [3.63, 3.8) is 0 Å². The number of ketones is 1. The minimum absolute atomic E-state index is 0.0957. The topological polar surface area (TPSA) is 42.0 Å². The standard InChI is InChI=1S/C11H16N2O/c1-3-9(2)13-8-11(14)10-5-4-6-12-7-10/h4-7,9,13H,3,8H2,1-2H3. The molecule has 0 aliphatic rings. The largest absolute Gasteiger partial charge is 0.307 e. The van der Waals surface area contributed by atoms with Crippen molar-refractivity contribution >= 4 is 5.78 Å². The number of carbonyl (C=O) groups excluding carboxylic acids is 1. The molecule has 0 amide bonds. The Balaban J connectivity index is 2.44. The SMILES string of the molecule is CCC(C)NCC(=O)c1cccnc1. The summed E-state index contributed by atoms with van der Waals surface area (Å²) >= 11 is 0. The summed E-state index contributed by atoms with van der Waals surface area (Å²) in [6.45, 7) is 4.55. The van der Waals surface area contributed by atoms with E-state index in [9.17, 15) is 4.79 Å². The van der Waals surface area contributed by atoms with E-state index in [1.165, 1.54) is 0 Å². The van der Waals surface area contributed by atoms with Crippen LogP contribution in [0.4, 0.5) is 0 Å². The van der Waals surface area contributed by atoms with Gasteiger partial charge in [0.2, 0.25) is 0 Å². The average molecular weight is 192 g/mol. The lowest BCUT2D eigenvalue weighted by molar-refractivity contribution is 0.0987. The van der Waals surface area contributed by atoms with Crippen LogP contribution in [0, 0.1) is 0 Å². The monoisotopic (exact) mass is 192 g/mol. The molecule has 76 valence electrons. The van der Waals surface area contributed by atoms with Gasteiger partial charge in [-0.3, -0.25) is 9.78 Å². The third kappa shape index (κ3) is 3.26. The van der Waals surface area contributed by atoms with Crippen LogP contribution in [0.5, 0.6) is 0 Å². The predicted octanol–water partition coefficient (Wildman–Crippen LogP) is 1.65. The molecule has 0 saturated carbocycles. The molecule has 3 nitrogen and oxygen atoms in total. The molecule has 0 radical (unpaired) electrons.